The van der Waals surface area contributed by atoms with E-state index in [1.165, 1.54) is 32.1 Å². The van der Waals surface area contributed by atoms with E-state index in [1.807, 2.05) is 53.4 Å². The summed E-state index contributed by atoms with van der Waals surface area (Å²) in [6, 6.07) is 16.0. The highest BCUT2D eigenvalue weighted by atomic mass is 16.2. The molecule has 0 bridgehead atoms. The third-order valence-electron chi connectivity index (χ3n) is 5.95. The highest BCUT2D eigenvalue weighted by Gasteiger charge is 2.25. The number of carbonyl (C=O) groups is 2. The van der Waals surface area contributed by atoms with Gasteiger partial charge in [-0.2, -0.15) is 0 Å². The monoisotopic (exact) mass is 376 g/mol. The zero-order chi connectivity index (χ0) is 19.3. The summed E-state index contributed by atoms with van der Waals surface area (Å²) in [4.78, 5) is 26.8. The average Bonchev–Trinajstić information content (AvgIpc) is 2.71. The molecule has 0 unspecified atom stereocenters. The molecule has 1 heterocycles. The summed E-state index contributed by atoms with van der Waals surface area (Å²) in [5.41, 5.74) is 4.05. The number of nitrogens with zero attached hydrogens (tertiary/aromatic N) is 1. The Bertz CT molecular complexity index is 841. The fourth-order valence-electron chi connectivity index (χ4n) is 4.44. The normalized spacial score (nSPS) is 17.3. The maximum absolute atomic E-state index is 12.5. The molecule has 1 aliphatic carbocycles. The number of amides is 2. The number of benzene rings is 2. The molecule has 1 N–H and O–H groups in total. The lowest BCUT2D eigenvalue weighted by Crippen LogP contribution is -2.34. The molecule has 4 nitrogen and oxygen atoms in total. The second-order valence-corrected chi connectivity index (χ2v) is 8.07. The van der Waals surface area contributed by atoms with Crippen molar-refractivity contribution in [3.8, 4) is 0 Å². The predicted octanol–water partition coefficient (Wildman–Crippen LogP) is 5.07. The lowest BCUT2D eigenvalue weighted by Gasteiger charge is -2.30. The Labute approximate surface area is 166 Å². The van der Waals surface area contributed by atoms with E-state index in [-0.39, 0.29) is 11.8 Å². The Morgan fingerprint density at radius 1 is 1.00 bits per heavy atom. The number of rotatable bonds is 5. The summed E-state index contributed by atoms with van der Waals surface area (Å²) in [6.45, 7) is 0.583. The summed E-state index contributed by atoms with van der Waals surface area (Å²) in [5.74, 6) is 0.802. The largest absolute Gasteiger partial charge is 0.326 e. The fraction of sp³-hybridized carbons (Fsp3) is 0.417. The van der Waals surface area contributed by atoms with Crippen LogP contribution >= 0.6 is 0 Å². The highest BCUT2D eigenvalue weighted by Crippen LogP contribution is 2.32. The van der Waals surface area contributed by atoms with Gasteiger partial charge in [0.2, 0.25) is 11.8 Å². The molecule has 2 aliphatic rings. The minimum absolute atomic E-state index is 0.111. The summed E-state index contributed by atoms with van der Waals surface area (Å²) < 4.78 is 0. The minimum Gasteiger partial charge on any atom is -0.326 e. The second-order valence-electron chi connectivity index (χ2n) is 8.07. The van der Waals surface area contributed by atoms with Gasteiger partial charge in [-0.15, -0.1) is 0 Å². The average molecular weight is 377 g/mol. The van der Waals surface area contributed by atoms with Gasteiger partial charge in [0, 0.05) is 24.2 Å². The molecule has 146 valence electrons. The van der Waals surface area contributed by atoms with Crippen molar-refractivity contribution in [1.82, 2.24) is 0 Å². The number of aryl methyl sites for hydroxylation is 1. The van der Waals surface area contributed by atoms with Crippen LogP contribution in [0.25, 0.3) is 0 Å². The maximum atomic E-state index is 12.5. The summed E-state index contributed by atoms with van der Waals surface area (Å²) in [5, 5.41) is 3.07. The van der Waals surface area contributed by atoms with Crippen LogP contribution < -0.4 is 10.2 Å². The molecule has 28 heavy (non-hydrogen) atoms. The first-order chi connectivity index (χ1) is 13.7. The zero-order valence-electron chi connectivity index (χ0n) is 16.3. The summed E-state index contributed by atoms with van der Waals surface area (Å²) >= 11 is 0. The van der Waals surface area contributed by atoms with E-state index in [0.717, 1.165) is 28.9 Å². The fourth-order valence-corrected chi connectivity index (χ4v) is 4.44. The molecule has 0 atom stereocenters. The number of carbonyl (C=O) groups excluding carboxylic acids is 2. The van der Waals surface area contributed by atoms with Gasteiger partial charge in [-0.25, -0.2) is 0 Å². The van der Waals surface area contributed by atoms with Gasteiger partial charge in [-0.3, -0.25) is 9.59 Å². The molecule has 4 rings (SSSR count). The van der Waals surface area contributed by atoms with Crippen LogP contribution in [0.5, 0.6) is 0 Å². The smallest absolute Gasteiger partial charge is 0.227 e. The molecule has 0 radical (unpaired) electrons. The Kier molecular flexibility index (Phi) is 5.75. The Morgan fingerprint density at radius 3 is 2.57 bits per heavy atom. The lowest BCUT2D eigenvalue weighted by atomic mass is 9.87. The van der Waals surface area contributed by atoms with Gasteiger partial charge in [-0.05, 0) is 54.5 Å². The Balaban J connectivity index is 1.45. The van der Waals surface area contributed by atoms with Crippen LogP contribution in [0.4, 0.5) is 11.4 Å². The quantitative estimate of drug-likeness (QED) is 0.791. The van der Waals surface area contributed by atoms with Gasteiger partial charge in [0.25, 0.3) is 0 Å². The molecular formula is C24H28N2O2. The van der Waals surface area contributed by atoms with E-state index >= 15 is 0 Å². The van der Waals surface area contributed by atoms with Crippen molar-refractivity contribution >= 4 is 23.2 Å². The van der Waals surface area contributed by atoms with Crippen molar-refractivity contribution in [3.63, 3.8) is 0 Å². The van der Waals surface area contributed by atoms with Crippen molar-refractivity contribution < 1.29 is 9.59 Å². The Morgan fingerprint density at radius 2 is 1.79 bits per heavy atom. The molecule has 0 aromatic heterocycles. The number of fused-ring (bicyclic) bond motifs is 1. The van der Waals surface area contributed by atoms with Gasteiger partial charge in [0.1, 0.15) is 0 Å². The molecule has 0 saturated heterocycles. The first-order valence-corrected chi connectivity index (χ1v) is 10.5. The van der Waals surface area contributed by atoms with E-state index in [2.05, 4.69) is 5.32 Å². The van der Waals surface area contributed by atoms with Crippen molar-refractivity contribution in [3.05, 3.63) is 59.7 Å². The first-order valence-electron chi connectivity index (χ1n) is 10.5. The van der Waals surface area contributed by atoms with E-state index < -0.39 is 0 Å². The first kappa shape index (κ1) is 18.7. The van der Waals surface area contributed by atoms with Gasteiger partial charge in [0.05, 0.1) is 6.54 Å². The standard InChI is InChI=1S/C24H28N2O2/c27-23(15-18-7-3-1-4-8-18)25-21-12-13-22-20(16-21)11-14-24(28)26(22)17-19-9-5-2-6-10-19/h2,5-6,9-10,12-13,16,18H,1,3-4,7-8,11,14-15,17H2,(H,25,27). The van der Waals surface area contributed by atoms with Crippen LogP contribution in [0.3, 0.4) is 0 Å². The molecule has 1 aliphatic heterocycles. The van der Waals surface area contributed by atoms with E-state index in [4.69, 9.17) is 0 Å². The molecule has 0 spiro atoms. The summed E-state index contributed by atoms with van der Waals surface area (Å²) in [6.07, 6.45) is 8.02. The van der Waals surface area contributed by atoms with Gasteiger partial charge < -0.3 is 10.2 Å². The lowest BCUT2D eigenvalue weighted by molar-refractivity contribution is -0.119. The van der Waals surface area contributed by atoms with Gasteiger partial charge in [0.15, 0.2) is 0 Å². The van der Waals surface area contributed by atoms with Crippen LogP contribution in [-0.4, -0.2) is 11.8 Å². The number of nitrogens with one attached hydrogen (secondary N) is 1. The molecule has 2 aromatic rings. The molecule has 2 aromatic carbocycles. The second kappa shape index (κ2) is 8.59. The molecule has 1 saturated carbocycles. The molecule has 2 amide bonds. The van der Waals surface area contributed by atoms with Crippen LogP contribution in [0, 0.1) is 5.92 Å². The van der Waals surface area contributed by atoms with E-state index in [0.29, 0.717) is 25.3 Å². The number of hydrogen-bond donors (Lipinski definition) is 1. The highest BCUT2D eigenvalue weighted by molar-refractivity contribution is 5.97. The summed E-state index contributed by atoms with van der Waals surface area (Å²) in [7, 11) is 0. The minimum atomic E-state index is 0.111. The van der Waals surface area contributed by atoms with E-state index in [9.17, 15) is 9.59 Å². The number of anilines is 2. The zero-order valence-corrected chi connectivity index (χ0v) is 16.3. The topological polar surface area (TPSA) is 49.4 Å². The van der Waals surface area contributed by atoms with Crippen LogP contribution in [0.2, 0.25) is 0 Å². The maximum Gasteiger partial charge on any atom is 0.227 e. The molecule has 1 fully saturated rings. The van der Waals surface area contributed by atoms with Crippen LogP contribution in [-0.2, 0) is 22.6 Å². The molecular weight excluding hydrogens is 348 g/mol. The number of hydrogen-bond acceptors (Lipinski definition) is 2. The van der Waals surface area contributed by atoms with Crippen molar-refractivity contribution in [1.29, 1.82) is 0 Å². The SMILES string of the molecule is O=C(CC1CCCCC1)Nc1ccc2c(c1)CCC(=O)N2Cc1ccccc1. The molecule has 4 heteroatoms. The van der Waals surface area contributed by atoms with E-state index in [1.54, 1.807) is 0 Å². The third-order valence-corrected chi connectivity index (χ3v) is 5.95. The van der Waals surface area contributed by atoms with Crippen LogP contribution in [0.1, 0.15) is 56.1 Å². The predicted molar refractivity (Wildman–Crippen MR) is 112 cm³/mol. The van der Waals surface area contributed by atoms with Crippen molar-refractivity contribution in [2.45, 2.75) is 57.9 Å². The van der Waals surface area contributed by atoms with Crippen molar-refractivity contribution in [2.24, 2.45) is 5.92 Å². The van der Waals surface area contributed by atoms with Crippen molar-refractivity contribution in [2.75, 3.05) is 10.2 Å². The van der Waals surface area contributed by atoms with Crippen LogP contribution in [0.15, 0.2) is 48.5 Å². The third kappa shape index (κ3) is 4.44. The van der Waals surface area contributed by atoms with Gasteiger partial charge >= 0.3 is 0 Å². The Hall–Kier alpha value is -2.62. The van der Waals surface area contributed by atoms with Gasteiger partial charge in [-0.1, -0.05) is 49.6 Å².